The zero-order valence-corrected chi connectivity index (χ0v) is 20.9. The molecule has 188 valence electrons. The van der Waals surface area contributed by atoms with Crippen LogP contribution in [-0.4, -0.2) is 62.6 Å². The Hall–Kier alpha value is -2.65. The first-order valence-corrected chi connectivity index (χ1v) is 13.1. The van der Waals surface area contributed by atoms with Crippen LogP contribution < -0.4 is 4.74 Å². The van der Waals surface area contributed by atoms with Crippen molar-refractivity contribution in [1.82, 2.24) is 19.1 Å². The van der Waals surface area contributed by atoms with Gasteiger partial charge in [0, 0.05) is 42.7 Å². The van der Waals surface area contributed by atoms with Gasteiger partial charge in [-0.3, -0.25) is 9.78 Å². The summed E-state index contributed by atoms with van der Waals surface area (Å²) in [7, 11) is 1.59. The number of methoxy groups -OCH3 is 1. The van der Waals surface area contributed by atoms with Crippen LogP contribution in [0.2, 0.25) is 0 Å². The van der Waals surface area contributed by atoms with Crippen molar-refractivity contribution in [3.05, 3.63) is 54.5 Å². The average molecular weight is 501 g/mol. The number of pyridine rings is 1. The van der Waals surface area contributed by atoms with Crippen molar-refractivity contribution in [3.63, 3.8) is 0 Å². The van der Waals surface area contributed by atoms with Crippen molar-refractivity contribution in [2.24, 2.45) is 11.8 Å². The molecular formula is C26H33FN4O3S. The fourth-order valence-electron chi connectivity index (χ4n) is 5.03. The number of carbonyl (C=O) groups is 1. The minimum absolute atomic E-state index is 0.0431. The summed E-state index contributed by atoms with van der Waals surface area (Å²) in [5.74, 6) is 1.11. The predicted molar refractivity (Wildman–Crippen MR) is 136 cm³/mol. The van der Waals surface area contributed by atoms with Gasteiger partial charge in [0.05, 0.1) is 12.6 Å². The average Bonchev–Trinajstić information content (AvgIpc) is 3.38. The van der Waals surface area contributed by atoms with Crippen LogP contribution in [0, 0.1) is 11.8 Å². The number of likely N-dealkylation sites (tertiary alicyclic amines) is 1. The Morgan fingerprint density at radius 3 is 2.97 bits per heavy atom. The Kier molecular flexibility index (Phi) is 8.98. The van der Waals surface area contributed by atoms with Crippen LogP contribution in [0.4, 0.5) is 4.39 Å². The van der Waals surface area contributed by atoms with Gasteiger partial charge in [-0.1, -0.05) is 0 Å². The summed E-state index contributed by atoms with van der Waals surface area (Å²) in [6, 6.07) is 9.15. The number of carboxylic acid groups (broad SMARTS) is 1. The highest BCUT2D eigenvalue weighted by atomic mass is 32.2. The Morgan fingerprint density at radius 1 is 1.31 bits per heavy atom. The van der Waals surface area contributed by atoms with Crippen LogP contribution >= 0.6 is 11.9 Å². The molecule has 1 N–H and O–H groups in total. The second-order valence-corrected chi connectivity index (χ2v) is 10.2. The van der Waals surface area contributed by atoms with Crippen molar-refractivity contribution in [2.45, 2.75) is 38.3 Å². The number of aromatic nitrogens is 3. The summed E-state index contributed by atoms with van der Waals surface area (Å²) in [5.41, 5.74) is 1.37. The van der Waals surface area contributed by atoms with Crippen molar-refractivity contribution in [1.29, 1.82) is 0 Å². The van der Waals surface area contributed by atoms with Crippen LogP contribution in [0.1, 0.15) is 43.8 Å². The van der Waals surface area contributed by atoms with Gasteiger partial charge in [0.1, 0.15) is 11.9 Å². The molecule has 1 saturated heterocycles. The van der Waals surface area contributed by atoms with Crippen LogP contribution in [0.5, 0.6) is 5.75 Å². The second-order valence-electron chi connectivity index (χ2n) is 9.13. The van der Waals surface area contributed by atoms with Crippen molar-refractivity contribution in [3.8, 4) is 5.75 Å². The molecule has 9 heteroatoms. The molecule has 0 aliphatic carbocycles. The molecule has 0 bridgehead atoms. The molecule has 1 aliphatic heterocycles. The monoisotopic (exact) mass is 500 g/mol. The van der Waals surface area contributed by atoms with Gasteiger partial charge in [0.25, 0.3) is 0 Å². The van der Waals surface area contributed by atoms with Crippen molar-refractivity contribution < 1.29 is 19.0 Å². The van der Waals surface area contributed by atoms with Gasteiger partial charge in [-0.15, -0.1) is 0 Å². The lowest BCUT2D eigenvalue weighted by Crippen LogP contribution is -2.42. The Bertz CT molecular complexity index is 1100. The van der Waals surface area contributed by atoms with E-state index in [1.807, 2.05) is 34.5 Å². The van der Waals surface area contributed by atoms with E-state index in [1.54, 1.807) is 37.5 Å². The fourth-order valence-corrected chi connectivity index (χ4v) is 5.76. The predicted octanol–water partition coefficient (Wildman–Crippen LogP) is 5.23. The number of fused-ring (bicyclic) bond motifs is 1. The lowest BCUT2D eigenvalue weighted by molar-refractivity contribution is -0.139. The summed E-state index contributed by atoms with van der Waals surface area (Å²) >= 11 is 1.67. The molecule has 2 aromatic heterocycles. The normalized spacial score (nSPS) is 19.6. The smallest absolute Gasteiger partial charge is 0.303 e. The van der Waals surface area contributed by atoms with Crippen molar-refractivity contribution in [2.75, 3.05) is 32.5 Å². The standard InChI is InChI=1S/C26H33FN4O3S/c1-34-21-5-7-25-23(17-21)22(8-11-28-25)24(27)6-4-19-9-14-30(18-20(19)16-26(32)33)12-3-15-35-31-13-2-10-29-31/h2,5,7-8,10-11,13,17,19-20,24H,3-4,6,9,12,14-16,18H2,1H3,(H,32,33)/t19-,20+,24?/m1/s1. The Labute approximate surface area is 209 Å². The first-order chi connectivity index (χ1) is 17.0. The van der Waals surface area contributed by atoms with Gasteiger partial charge in [-0.25, -0.2) is 8.48 Å². The number of alkyl halides is 1. The highest BCUT2D eigenvalue weighted by Crippen LogP contribution is 2.36. The zero-order valence-electron chi connectivity index (χ0n) is 20.1. The fraction of sp³-hybridized carbons (Fsp3) is 0.500. The van der Waals surface area contributed by atoms with E-state index in [1.165, 1.54) is 0 Å². The summed E-state index contributed by atoms with van der Waals surface area (Å²) < 4.78 is 22.6. The van der Waals surface area contributed by atoms with E-state index >= 15 is 4.39 Å². The van der Waals surface area contributed by atoms with E-state index < -0.39 is 12.1 Å². The minimum atomic E-state index is -1.13. The quantitative estimate of drug-likeness (QED) is 0.341. The molecule has 4 rings (SSSR count). The third-order valence-corrected chi connectivity index (χ3v) is 7.80. The third kappa shape index (κ3) is 6.95. The van der Waals surface area contributed by atoms with E-state index in [9.17, 15) is 9.90 Å². The molecule has 1 aliphatic rings. The molecule has 7 nitrogen and oxygen atoms in total. The maximum atomic E-state index is 15.4. The minimum Gasteiger partial charge on any atom is -0.497 e. The summed E-state index contributed by atoms with van der Waals surface area (Å²) in [4.78, 5) is 18.3. The van der Waals surface area contributed by atoms with Crippen molar-refractivity contribution >= 4 is 28.8 Å². The zero-order chi connectivity index (χ0) is 24.6. The maximum absolute atomic E-state index is 15.4. The van der Waals surface area contributed by atoms with Crippen LogP contribution in [0.3, 0.4) is 0 Å². The molecule has 1 fully saturated rings. The summed E-state index contributed by atoms with van der Waals surface area (Å²) in [6.45, 7) is 2.63. The van der Waals surface area contributed by atoms with Gasteiger partial charge < -0.3 is 14.7 Å². The van der Waals surface area contributed by atoms with E-state index in [-0.39, 0.29) is 18.3 Å². The summed E-state index contributed by atoms with van der Waals surface area (Å²) in [5, 5.41) is 14.5. The molecule has 1 unspecified atom stereocenters. The van der Waals surface area contributed by atoms with Crippen LogP contribution in [-0.2, 0) is 4.79 Å². The third-order valence-electron chi connectivity index (χ3n) is 6.85. The molecule has 0 spiro atoms. The Morgan fingerprint density at radius 2 is 2.20 bits per heavy atom. The number of ether oxygens (including phenoxy) is 1. The van der Waals surface area contributed by atoms with Crippen LogP contribution in [0.25, 0.3) is 10.9 Å². The number of rotatable bonds is 12. The molecule has 3 aromatic rings. The number of hydrogen-bond acceptors (Lipinski definition) is 6. The number of carboxylic acids is 1. The number of piperidine rings is 1. The van der Waals surface area contributed by atoms with Gasteiger partial charge in [0.2, 0.25) is 0 Å². The molecule has 1 aromatic carbocycles. The SMILES string of the molecule is COc1ccc2nccc(C(F)CC[C@@H]3CCN(CCCSn4cccn4)C[C@@H]3CC(=O)O)c2c1. The number of halogens is 1. The van der Waals surface area contributed by atoms with Gasteiger partial charge >= 0.3 is 5.97 Å². The van der Waals surface area contributed by atoms with Gasteiger partial charge in [-0.2, -0.15) is 5.10 Å². The lowest BCUT2D eigenvalue weighted by atomic mass is 9.79. The highest BCUT2D eigenvalue weighted by Gasteiger charge is 2.31. The number of nitrogens with zero attached hydrogens (tertiary/aromatic N) is 4. The molecule has 35 heavy (non-hydrogen) atoms. The van der Waals surface area contributed by atoms with E-state index in [2.05, 4.69) is 15.0 Å². The highest BCUT2D eigenvalue weighted by molar-refractivity contribution is 7.97. The molecule has 3 atom stereocenters. The Balaban J connectivity index is 1.32. The lowest BCUT2D eigenvalue weighted by Gasteiger charge is -2.38. The van der Waals surface area contributed by atoms with Gasteiger partial charge in [-0.05, 0) is 98.5 Å². The number of hydrogen-bond donors (Lipinski definition) is 1. The van der Waals surface area contributed by atoms with E-state index in [0.29, 0.717) is 24.2 Å². The molecule has 0 saturated carbocycles. The van der Waals surface area contributed by atoms with Gasteiger partial charge in [0.15, 0.2) is 0 Å². The summed E-state index contributed by atoms with van der Waals surface area (Å²) in [6.07, 6.45) is 7.32. The van der Waals surface area contributed by atoms with Crippen LogP contribution in [0.15, 0.2) is 48.9 Å². The topological polar surface area (TPSA) is 80.5 Å². The maximum Gasteiger partial charge on any atom is 0.303 e. The second kappa shape index (κ2) is 12.4. The van der Waals surface area contributed by atoms with E-state index in [4.69, 9.17) is 4.74 Å². The molecule has 0 radical (unpaired) electrons. The first kappa shape index (κ1) is 25.4. The molecule has 3 heterocycles. The molecule has 0 amide bonds. The number of aliphatic carboxylic acids is 1. The first-order valence-electron chi connectivity index (χ1n) is 12.2. The number of benzene rings is 1. The molecular weight excluding hydrogens is 467 g/mol. The van der Waals surface area contributed by atoms with E-state index in [0.717, 1.165) is 49.1 Å². The largest absolute Gasteiger partial charge is 0.497 e.